The highest BCUT2D eigenvalue weighted by atomic mass is 16.1. The van der Waals surface area contributed by atoms with Gasteiger partial charge in [-0.2, -0.15) is 5.10 Å². The van der Waals surface area contributed by atoms with Gasteiger partial charge in [-0.3, -0.25) is 9.48 Å². The summed E-state index contributed by atoms with van der Waals surface area (Å²) in [5, 5.41) is 7.56. The van der Waals surface area contributed by atoms with Gasteiger partial charge in [0.25, 0.3) is 5.91 Å². The molecule has 4 nitrogen and oxygen atoms in total. The second-order valence-corrected chi connectivity index (χ2v) is 6.58. The molecule has 0 aliphatic heterocycles. The summed E-state index contributed by atoms with van der Waals surface area (Å²) in [7, 11) is 0. The van der Waals surface area contributed by atoms with Crippen LogP contribution in [0.15, 0.2) is 6.20 Å². The second-order valence-electron chi connectivity index (χ2n) is 6.58. The number of carbonyl (C=O) groups is 1. The molecule has 0 aromatic carbocycles. The standard InChI is InChI=1S/C16H25N3O/c1-4-19-9-15(11(3)18-19)16(20)17-10(2)14-8-12-5-6-13(14)7-12/h9-10,12-14H,4-8H2,1-3H3,(H,17,20)/t10-,12-,13-,14-/m0/s1. The predicted molar refractivity (Wildman–Crippen MR) is 78.5 cm³/mol. The monoisotopic (exact) mass is 275 g/mol. The molecule has 1 heterocycles. The molecule has 4 heteroatoms. The topological polar surface area (TPSA) is 46.9 Å². The van der Waals surface area contributed by atoms with E-state index in [0.29, 0.717) is 5.92 Å². The maximum atomic E-state index is 12.4. The van der Waals surface area contributed by atoms with Crippen molar-refractivity contribution in [2.75, 3.05) is 0 Å². The fraction of sp³-hybridized carbons (Fsp3) is 0.750. The Morgan fingerprint density at radius 1 is 1.50 bits per heavy atom. The van der Waals surface area contributed by atoms with E-state index in [1.165, 1.54) is 25.7 Å². The van der Waals surface area contributed by atoms with Crippen LogP contribution in [0.4, 0.5) is 0 Å². The first-order chi connectivity index (χ1) is 9.58. The van der Waals surface area contributed by atoms with Crippen molar-refractivity contribution in [1.29, 1.82) is 0 Å². The zero-order chi connectivity index (χ0) is 14.3. The molecular formula is C16H25N3O. The number of hydrogen-bond acceptors (Lipinski definition) is 2. The normalized spacial score (nSPS) is 29.6. The first-order valence-corrected chi connectivity index (χ1v) is 7.93. The highest BCUT2D eigenvalue weighted by Crippen LogP contribution is 2.49. The molecular weight excluding hydrogens is 250 g/mol. The number of carbonyl (C=O) groups excluding carboxylic acids is 1. The van der Waals surface area contributed by atoms with E-state index in [9.17, 15) is 4.79 Å². The minimum absolute atomic E-state index is 0.0393. The van der Waals surface area contributed by atoms with Crippen LogP contribution in [-0.2, 0) is 6.54 Å². The second kappa shape index (κ2) is 5.23. The van der Waals surface area contributed by atoms with Gasteiger partial charge in [0.15, 0.2) is 0 Å². The Labute approximate surface area is 120 Å². The molecule has 2 aliphatic carbocycles. The Hall–Kier alpha value is -1.32. The fourth-order valence-corrected chi connectivity index (χ4v) is 4.20. The molecule has 20 heavy (non-hydrogen) atoms. The van der Waals surface area contributed by atoms with E-state index in [1.807, 2.05) is 24.7 Å². The average Bonchev–Trinajstić information content (AvgIpc) is 3.12. The van der Waals surface area contributed by atoms with E-state index in [-0.39, 0.29) is 11.9 Å². The van der Waals surface area contributed by atoms with E-state index in [4.69, 9.17) is 0 Å². The lowest BCUT2D eigenvalue weighted by molar-refractivity contribution is 0.0914. The van der Waals surface area contributed by atoms with E-state index in [0.717, 1.165) is 29.6 Å². The highest BCUT2D eigenvalue weighted by Gasteiger charge is 2.42. The third-order valence-corrected chi connectivity index (χ3v) is 5.31. The number of aromatic nitrogens is 2. The van der Waals surface area contributed by atoms with Crippen LogP contribution in [0, 0.1) is 24.7 Å². The van der Waals surface area contributed by atoms with Crippen LogP contribution in [0.2, 0.25) is 0 Å². The quantitative estimate of drug-likeness (QED) is 0.918. The Bertz CT molecular complexity index is 508. The molecule has 1 aromatic heterocycles. The highest BCUT2D eigenvalue weighted by molar-refractivity contribution is 5.95. The van der Waals surface area contributed by atoms with E-state index in [2.05, 4.69) is 17.3 Å². The lowest BCUT2D eigenvalue weighted by Crippen LogP contribution is -2.40. The third kappa shape index (κ3) is 2.36. The van der Waals surface area contributed by atoms with E-state index >= 15 is 0 Å². The van der Waals surface area contributed by atoms with Gasteiger partial charge in [0, 0.05) is 18.8 Å². The maximum Gasteiger partial charge on any atom is 0.254 e. The van der Waals surface area contributed by atoms with Crippen LogP contribution in [0.1, 0.15) is 55.6 Å². The number of nitrogens with zero attached hydrogens (tertiary/aromatic N) is 2. The molecule has 4 atom stereocenters. The van der Waals surface area contributed by atoms with Crippen molar-refractivity contribution in [2.45, 2.75) is 59.0 Å². The largest absolute Gasteiger partial charge is 0.349 e. The maximum absolute atomic E-state index is 12.4. The molecule has 0 saturated heterocycles. The summed E-state index contributed by atoms with van der Waals surface area (Å²) >= 11 is 0. The number of hydrogen-bond donors (Lipinski definition) is 1. The summed E-state index contributed by atoms with van der Waals surface area (Å²) in [6, 6.07) is 0.280. The lowest BCUT2D eigenvalue weighted by atomic mass is 9.84. The number of rotatable bonds is 4. The van der Waals surface area contributed by atoms with Crippen molar-refractivity contribution in [1.82, 2.24) is 15.1 Å². The molecule has 1 N–H and O–H groups in total. The Kier molecular flexibility index (Phi) is 3.57. The molecule has 0 unspecified atom stereocenters. The van der Waals surface area contributed by atoms with Gasteiger partial charge < -0.3 is 5.32 Å². The van der Waals surface area contributed by atoms with Gasteiger partial charge in [0.2, 0.25) is 0 Å². The zero-order valence-corrected chi connectivity index (χ0v) is 12.7. The fourth-order valence-electron chi connectivity index (χ4n) is 4.20. The first-order valence-electron chi connectivity index (χ1n) is 7.93. The van der Waals surface area contributed by atoms with Gasteiger partial charge in [0.1, 0.15) is 0 Å². The molecule has 2 fully saturated rings. The molecule has 2 saturated carbocycles. The summed E-state index contributed by atoms with van der Waals surface area (Å²) in [6.07, 6.45) is 7.32. The van der Waals surface area contributed by atoms with Gasteiger partial charge in [-0.25, -0.2) is 0 Å². The van der Waals surface area contributed by atoms with Crippen molar-refractivity contribution in [3.05, 3.63) is 17.5 Å². The van der Waals surface area contributed by atoms with Crippen molar-refractivity contribution < 1.29 is 4.79 Å². The smallest absolute Gasteiger partial charge is 0.254 e. The summed E-state index contributed by atoms with van der Waals surface area (Å²) in [5.41, 5.74) is 1.55. The average molecular weight is 275 g/mol. The third-order valence-electron chi connectivity index (χ3n) is 5.31. The SMILES string of the molecule is CCn1cc(C(=O)N[C@@H](C)[C@@H]2C[C@H]3CC[C@H]2C3)c(C)n1. The van der Waals surface area contributed by atoms with Gasteiger partial charge in [-0.15, -0.1) is 0 Å². The van der Waals surface area contributed by atoms with Gasteiger partial charge >= 0.3 is 0 Å². The molecule has 0 spiro atoms. The van der Waals surface area contributed by atoms with Gasteiger partial charge in [-0.1, -0.05) is 6.42 Å². The Morgan fingerprint density at radius 3 is 2.85 bits per heavy atom. The molecule has 110 valence electrons. The van der Waals surface area contributed by atoms with Crippen LogP contribution in [0.25, 0.3) is 0 Å². The molecule has 2 aliphatic rings. The summed E-state index contributed by atoms with van der Waals surface area (Å²) in [6.45, 7) is 6.91. The predicted octanol–water partition coefficient (Wildman–Crippen LogP) is 2.77. The van der Waals surface area contributed by atoms with Crippen molar-refractivity contribution in [3.8, 4) is 0 Å². The van der Waals surface area contributed by atoms with E-state index in [1.54, 1.807) is 0 Å². The minimum atomic E-state index is 0.0393. The Balaban J connectivity index is 1.64. The van der Waals surface area contributed by atoms with Crippen molar-refractivity contribution in [3.63, 3.8) is 0 Å². The molecule has 0 radical (unpaired) electrons. The lowest BCUT2D eigenvalue weighted by Gasteiger charge is -2.28. The number of aryl methyl sites for hydroxylation is 2. The molecule has 2 bridgehead atoms. The summed E-state index contributed by atoms with van der Waals surface area (Å²) in [5.74, 6) is 2.49. The Morgan fingerprint density at radius 2 is 2.30 bits per heavy atom. The van der Waals surface area contributed by atoms with Crippen LogP contribution >= 0.6 is 0 Å². The molecule has 1 amide bonds. The number of amides is 1. The minimum Gasteiger partial charge on any atom is -0.349 e. The summed E-state index contributed by atoms with van der Waals surface area (Å²) in [4.78, 5) is 12.4. The first kappa shape index (κ1) is 13.7. The number of fused-ring (bicyclic) bond motifs is 2. The number of nitrogens with one attached hydrogen (secondary N) is 1. The van der Waals surface area contributed by atoms with Crippen LogP contribution in [0.5, 0.6) is 0 Å². The van der Waals surface area contributed by atoms with Crippen molar-refractivity contribution in [2.24, 2.45) is 17.8 Å². The van der Waals surface area contributed by atoms with Gasteiger partial charge in [-0.05, 0) is 57.8 Å². The van der Waals surface area contributed by atoms with Crippen LogP contribution < -0.4 is 5.32 Å². The molecule has 1 aromatic rings. The van der Waals surface area contributed by atoms with Crippen molar-refractivity contribution >= 4 is 5.91 Å². The summed E-state index contributed by atoms with van der Waals surface area (Å²) < 4.78 is 1.83. The van der Waals surface area contributed by atoms with Crippen LogP contribution in [-0.4, -0.2) is 21.7 Å². The molecule has 3 rings (SSSR count). The van der Waals surface area contributed by atoms with Crippen LogP contribution in [0.3, 0.4) is 0 Å². The zero-order valence-electron chi connectivity index (χ0n) is 12.7. The van der Waals surface area contributed by atoms with E-state index < -0.39 is 0 Å². The van der Waals surface area contributed by atoms with Gasteiger partial charge in [0.05, 0.1) is 11.3 Å².